The Balaban J connectivity index is 2.41. The number of amides is 2. The molecule has 1 saturated heterocycles. The highest BCUT2D eigenvalue weighted by Crippen LogP contribution is 2.25. The number of piperazine rings is 1. The molecule has 0 aromatic heterocycles. The van der Waals surface area contributed by atoms with Crippen LogP contribution in [0.4, 0.5) is 14.5 Å². The Kier molecular flexibility index (Phi) is 4.55. The van der Waals surface area contributed by atoms with Crippen molar-refractivity contribution in [3.8, 4) is 0 Å². The fraction of sp³-hybridized carbons (Fsp3) is 0.467. The van der Waals surface area contributed by atoms with Crippen LogP contribution < -0.4 is 10.2 Å². The van der Waals surface area contributed by atoms with Crippen LogP contribution in [-0.4, -0.2) is 23.9 Å². The molecule has 21 heavy (non-hydrogen) atoms. The van der Waals surface area contributed by atoms with E-state index in [2.05, 4.69) is 5.32 Å². The number of halogens is 2. The maximum absolute atomic E-state index is 13.4. The van der Waals surface area contributed by atoms with Crippen LogP contribution in [0.15, 0.2) is 18.2 Å². The first kappa shape index (κ1) is 15.4. The van der Waals surface area contributed by atoms with Gasteiger partial charge in [-0.3, -0.25) is 14.5 Å². The highest BCUT2D eigenvalue weighted by atomic mass is 19.2. The number of carbonyl (C=O) groups excluding carboxylic acids is 2. The normalized spacial score (nSPS) is 22.4. The van der Waals surface area contributed by atoms with Gasteiger partial charge in [0, 0.05) is 11.8 Å². The molecule has 0 saturated carbocycles. The zero-order chi connectivity index (χ0) is 15.6. The summed E-state index contributed by atoms with van der Waals surface area (Å²) in [6, 6.07) is 1.93. The largest absolute Gasteiger partial charge is 0.342 e. The van der Waals surface area contributed by atoms with Gasteiger partial charge in [-0.25, -0.2) is 8.78 Å². The van der Waals surface area contributed by atoms with Crippen molar-refractivity contribution in [2.24, 2.45) is 0 Å². The summed E-state index contributed by atoms with van der Waals surface area (Å²) in [4.78, 5) is 25.9. The topological polar surface area (TPSA) is 49.4 Å². The third-order valence-corrected chi connectivity index (χ3v) is 3.61. The summed E-state index contributed by atoms with van der Waals surface area (Å²) < 4.78 is 26.5. The zero-order valence-electron chi connectivity index (χ0n) is 12.0. The number of hydrogen-bond donors (Lipinski definition) is 1. The Morgan fingerprint density at radius 2 is 1.90 bits per heavy atom. The van der Waals surface area contributed by atoms with Gasteiger partial charge in [0.05, 0.1) is 0 Å². The maximum atomic E-state index is 13.4. The fourth-order valence-electron chi connectivity index (χ4n) is 2.56. The number of carbonyl (C=O) groups is 2. The van der Waals surface area contributed by atoms with Crippen LogP contribution in [0.2, 0.25) is 0 Å². The summed E-state index contributed by atoms with van der Waals surface area (Å²) in [6.45, 7) is 3.68. The molecule has 0 aliphatic carbocycles. The molecule has 1 aliphatic heterocycles. The van der Waals surface area contributed by atoms with Crippen molar-refractivity contribution in [2.75, 3.05) is 4.90 Å². The van der Waals surface area contributed by atoms with Crippen LogP contribution in [0.25, 0.3) is 0 Å². The van der Waals surface area contributed by atoms with E-state index in [1.165, 1.54) is 11.0 Å². The van der Waals surface area contributed by atoms with E-state index in [0.29, 0.717) is 12.8 Å². The summed E-state index contributed by atoms with van der Waals surface area (Å²) in [5.74, 6) is -2.56. The standard InChI is InChI=1S/C15H18F2N2O2/c1-3-5-12-15(21)19(13(4-2)14(20)18-12)9-6-7-10(16)11(17)8-9/h6-8,12-13H,3-5H2,1-2H3,(H,18,20). The lowest BCUT2D eigenvalue weighted by molar-refractivity contribution is -0.134. The molecular weight excluding hydrogens is 278 g/mol. The predicted octanol–water partition coefficient (Wildman–Crippen LogP) is 2.37. The third kappa shape index (κ3) is 2.89. The lowest BCUT2D eigenvalue weighted by Crippen LogP contribution is -2.63. The fourth-order valence-corrected chi connectivity index (χ4v) is 2.56. The van der Waals surface area contributed by atoms with E-state index in [-0.39, 0.29) is 17.5 Å². The molecule has 0 spiro atoms. The van der Waals surface area contributed by atoms with Crippen LogP contribution in [0.3, 0.4) is 0 Å². The maximum Gasteiger partial charge on any atom is 0.250 e. The van der Waals surface area contributed by atoms with Gasteiger partial charge in [0.1, 0.15) is 12.1 Å². The first-order chi connectivity index (χ1) is 9.99. The number of nitrogens with one attached hydrogen (secondary N) is 1. The van der Waals surface area contributed by atoms with E-state index in [0.717, 1.165) is 18.6 Å². The Morgan fingerprint density at radius 1 is 1.19 bits per heavy atom. The molecular formula is C15H18F2N2O2. The Bertz CT molecular complexity index is 563. The van der Waals surface area contributed by atoms with E-state index in [1.54, 1.807) is 6.92 Å². The van der Waals surface area contributed by atoms with E-state index >= 15 is 0 Å². The predicted molar refractivity (Wildman–Crippen MR) is 74.8 cm³/mol. The monoisotopic (exact) mass is 296 g/mol. The molecule has 1 aromatic rings. The lowest BCUT2D eigenvalue weighted by atomic mass is 10.0. The van der Waals surface area contributed by atoms with Crippen LogP contribution in [0, 0.1) is 11.6 Å². The second-order valence-corrected chi connectivity index (χ2v) is 5.08. The smallest absolute Gasteiger partial charge is 0.250 e. The van der Waals surface area contributed by atoms with E-state index in [1.807, 2.05) is 6.92 Å². The quantitative estimate of drug-likeness (QED) is 0.927. The minimum atomic E-state index is -1.03. The van der Waals surface area contributed by atoms with Gasteiger partial charge in [-0.2, -0.15) is 0 Å². The summed E-state index contributed by atoms with van der Waals surface area (Å²) in [5.41, 5.74) is 0.210. The summed E-state index contributed by atoms with van der Waals surface area (Å²) in [5, 5.41) is 2.70. The van der Waals surface area contributed by atoms with Crippen molar-refractivity contribution in [1.82, 2.24) is 5.32 Å². The summed E-state index contributed by atoms with van der Waals surface area (Å²) in [7, 11) is 0. The Labute approximate surface area is 122 Å². The molecule has 0 radical (unpaired) electrons. The molecule has 114 valence electrons. The van der Waals surface area contributed by atoms with Crippen molar-refractivity contribution in [2.45, 2.75) is 45.2 Å². The minimum Gasteiger partial charge on any atom is -0.342 e. The molecule has 1 fully saturated rings. The van der Waals surface area contributed by atoms with Gasteiger partial charge in [0.25, 0.3) is 0 Å². The molecule has 1 heterocycles. The van der Waals surface area contributed by atoms with Gasteiger partial charge < -0.3 is 5.32 Å². The van der Waals surface area contributed by atoms with Gasteiger partial charge >= 0.3 is 0 Å². The highest BCUT2D eigenvalue weighted by molar-refractivity contribution is 6.08. The van der Waals surface area contributed by atoms with Crippen LogP contribution in [-0.2, 0) is 9.59 Å². The van der Waals surface area contributed by atoms with Gasteiger partial charge in [0.15, 0.2) is 11.6 Å². The molecule has 2 amide bonds. The molecule has 2 unspecified atom stereocenters. The second-order valence-electron chi connectivity index (χ2n) is 5.08. The van der Waals surface area contributed by atoms with Gasteiger partial charge in [-0.05, 0) is 25.0 Å². The average molecular weight is 296 g/mol. The minimum absolute atomic E-state index is 0.210. The molecule has 1 N–H and O–H groups in total. The van der Waals surface area contributed by atoms with Crippen LogP contribution in [0.5, 0.6) is 0 Å². The Hall–Kier alpha value is -1.98. The second kappa shape index (κ2) is 6.20. The van der Waals surface area contributed by atoms with Crippen molar-refractivity contribution in [1.29, 1.82) is 0 Å². The number of nitrogens with zero attached hydrogens (tertiary/aromatic N) is 1. The summed E-state index contributed by atoms with van der Waals surface area (Å²) in [6.07, 6.45) is 1.65. The lowest BCUT2D eigenvalue weighted by Gasteiger charge is -2.38. The van der Waals surface area contributed by atoms with Crippen LogP contribution in [0.1, 0.15) is 33.1 Å². The van der Waals surface area contributed by atoms with E-state index in [9.17, 15) is 18.4 Å². The Morgan fingerprint density at radius 3 is 2.48 bits per heavy atom. The molecule has 2 atom stereocenters. The first-order valence-electron chi connectivity index (χ1n) is 7.08. The molecule has 0 bridgehead atoms. The SMILES string of the molecule is CCCC1NC(=O)C(CC)N(c2ccc(F)c(F)c2)C1=O. The van der Waals surface area contributed by atoms with Crippen molar-refractivity contribution >= 4 is 17.5 Å². The van der Waals surface area contributed by atoms with Gasteiger partial charge in [-0.15, -0.1) is 0 Å². The van der Waals surface area contributed by atoms with Crippen molar-refractivity contribution < 1.29 is 18.4 Å². The molecule has 1 aliphatic rings. The zero-order valence-corrected chi connectivity index (χ0v) is 12.0. The highest BCUT2D eigenvalue weighted by Gasteiger charge is 2.40. The average Bonchev–Trinajstić information content (AvgIpc) is 2.45. The number of benzene rings is 1. The van der Waals surface area contributed by atoms with Gasteiger partial charge in [-0.1, -0.05) is 20.3 Å². The number of rotatable bonds is 4. The van der Waals surface area contributed by atoms with Crippen LogP contribution >= 0.6 is 0 Å². The molecule has 1 aromatic carbocycles. The van der Waals surface area contributed by atoms with E-state index in [4.69, 9.17) is 0 Å². The third-order valence-electron chi connectivity index (χ3n) is 3.61. The number of anilines is 1. The molecule has 6 heteroatoms. The van der Waals surface area contributed by atoms with Crippen molar-refractivity contribution in [3.05, 3.63) is 29.8 Å². The molecule has 4 nitrogen and oxygen atoms in total. The number of hydrogen-bond acceptors (Lipinski definition) is 2. The van der Waals surface area contributed by atoms with E-state index < -0.39 is 23.7 Å². The summed E-state index contributed by atoms with van der Waals surface area (Å²) >= 11 is 0. The van der Waals surface area contributed by atoms with Gasteiger partial charge in [0.2, 0.25) is 11.8 Å². The van der Waals surface area contributed by atoms with Crippen molar-refractivity contribution in [3.63, 3.8) is 0 Å². The first-order valence-corrected chi connectivity index (χ1v) is 7.08. The molecule has 2 rings (SSSR count).